The van der Waals surface area contributed by atoms with Gasteiger partial charge in [0.25, 0.3) is 0 Å². The van der Waals surface area contributed by atoms with Gasteiger partial charge >= 0.3 is 0 Å². The van der Waals surface area contributed by atoms with Gasteiger partial charge < -0.3 is 0 Å². The second kappa shape index (κ2) is 5.58. The second-order valence-corrected chi connectivity index (χ2v) is 12.4. The van der Waals surface area contributed by atoms with Crippen LogP contribution in [0.25, 0.3) is 0 Å². The number of hydrogen-bond acceptors (Lipinski definition) is 0. The van der Waals surface area contributed by atoms with Crippen molar-refractivity contribution in [3.8, 4) is 0 Å². The highest BCUT2D eigenvalue weighted by Gasteiger charge is 2.44. The Balaban J connectivity index is 2.70. The standard InChI is InChI=1S/C10H15Br5/c1-9(14)4-3-6(5-7(9)11)10(2,15)8(12)13/h6-8H,3-5H2,1-2H3/t6?,7?,9?,10-/m0/s1. The summed E-state index contributed by atoms with van der Waals surface area (Å²) in [5, 5.41) is 0. The normalized spacial score (nSPS) is 41.6. The smallest absolute Gasteiger partial charge is 0.0850 e. The molecule has 0 saturated heterocycles. The first-order chi connectivity index (χ1) is 6.68. The topological polar surface area (TPSA) is 0 Å². The van der Waals surface area contributed by atoms with E-state index in [1.807, 2.05) is 0 Å². The van der Waals surface area contributed by atoms with Gasteiger partial charge in [0.1, 0.15) is 0 Å². The van der Waals surface area contributed by atoms with Crippen LogP contribution < -0.4 is 0 Å². The van der Waals surface area contributed by atoms with Crippen LogP contribution in [0, 0.1) is 5.92 Å². The molecule has 0 heterocycles. The van der Waals surface area contributed by atoms with Crippen LogP contribution in [-0.2, 0) is 0 Å². The molecule has 0 aromatic heterocycles. The molecule has 15 heavy (non-hydrogen) atoms. The van der Waals surface area contributed by atoms with Gasteiger partial charge in [0, 0.05) is 13.5 Å². The van der Waals surface area contributed by atoms with Crippen LogP contribution in [0.4, 0.5) is 0 Å². The van der Waals surface area contributed by atoms with Gasteiger partial charge in [-0.15, -0.1) is 0 Å². The minimum Gasteiger partial charge on any atom is -0.0875 e. The van der Waals surface area contributed by atoms with Crippen molar-refractivity contribution in [3.05, 3.63) is 0 Å². The first kappa shape index (κ1) is 15.5. The molecule has 1 aliphatic carbocycles. The molecule has 1 saturated carbocycles. The Morgan fingerprint density at radius 2 is 1.93 bits per heavy atom. The maximum Gasteiger partial charge on any atom is 0.0850 e. The van der Waals surface area contributed by atoms with Crippen molar-refractivity contribution >= 4 is 79.6 Å². The minimum atomic E-state index is 0.114. The molecule has 5 heteroatoms. The summed E-state index contributed by atoms with van der Waals surface area (Å²) in [6.07, 6.45) is 3.65. The molecule has 0 aliphatic heterocycles. The van der Waals surface area contributed by atoms with Gasteiger partial charge in [-0.3, -0.25) is 0 Å². The van der Waals surface area contributed by atoms with Crippen molar-refractivity contribution in [3.63, 3.8) is 0 Å². The highest BCUT2D eigenvalue weighted by molar-refractivity contribution is 9.25. The summed E-state index contributed by atoms with van der Waals surface area (Å²) in [6, 6.07) is 0. The summed E-state index contributed by atoms with van der Waals surface area (Å²) >= 11 is 18.7. The van der Waals surface area contributed by atoms with Crippen LogP contribution in [0.1, 0.15) is 33.1 Å². The van der Waals surface area contributed by atoms with Crippen LogP contribution in [0.2, 0.25) is 0 Å². The van der Waals surface area contributed by atoms with Crippen LogP contribution in [0.15, 0.2) is 0 Å². The van der Waals surface area contributed by atoms with E-state index in [1.54, 1.807) is 0 Å². The molecule has 3 unspecified atom stereocenters. The fraction of sp³-hybridized carbons (Fsp3) is 1.00. The third-order valence-electron chi connectivity index (χ3n) is 3.35. The van der Waals surface area contributed by atoms with Gasteiger partial charge in [0.05, 0.1) is 3.74 Å². The van der Waals surface area contributed by atoms with E-state index >= 15 is 0 Å². The lowest BCUT2D eigenvalue weighted by Gasteiger charge is -2.44. The molecule has 0 spiro atoms. The third-order valence-corrected chi connectivity index (χ3v) is 10.5. The molecule has 0 amide bonds. The Hall–Kier alpha value is 2.40. The van der Waals surface area contributed by atoms with Crippen molar-refractivity contribution in [2.45, 2.75) is 50.3 Å². The lowest BCUT2D eigenvalue weighted by atomic mass is 9.77. The fourth-order valence-corrected chi connectivity index (χ4v) is 4.18. The zero-order valence-electron chi connectivity index (χ0n) is 8.74. The number of rotatable bonds is 2. The molecule has 1 fully saturated rings. The first-order valence-corrected chi connectivity index (χ1v) is 9.31. The van der Waals surface area contributed by atoms with Crippen molar-refractivity contribution in [1.29, 1.82) is 0 Å². The number of hydrogen-bond donors (Lipinski definition) is 0. The van der Waals surface area contributed by atoms with Crippen molar-refractivity contribution < 1.29 is 0 Å². The molecule has 0 radical (unpaired) electrons. The van der Waals surface area contributed by atoms with Crippen molar-refractivity contribution in [1.82, 2.24) is 0 Å². The molecule has 1 aliphatic rings. The largest absolute Gasteiger partial charge is 0.0875 e. The van der Waals surface area contributed by atoms with Gasteiger partial charge in [-0.1, -0.05) is 79.6 Å². The molecule has 0 aromatic rings. The molecule has 0 bridgehead atoms. The van der Waals surface area contributed by atoms with Crippen LogP contribution in [-0.4, -0.2) is 17.2 Å². The van der Waals surface area contributed by atoms with Gasteiger partial charge in [-0.2, -0.15) is 0 Å². The maximum atomic E-state index is 3.84. The molecule has 90 valence electrons. The Morgan fingerprint density at radius 1 is 1.40 bits per heavy atom. The van der Waals surface area contributed by atoms with E-state index in [2.05, 4.69) is 93.5 Å². The zero-order chi connectivity index (χ0) is 11.9. The lowest BCUT2D eigenvalue weighted by Crippen LogP contribution is -2.44. The number of halogens is 5. The van der Waals surface area contributed by atoms with Crippen molar-refractivity contribution in [2.24, 2.45) is 5.92 Å². The maximum absolute atomic E-state index is 3.84. The minimum absolute atomic E-state index is 0.114. The SMILES string of the molecule is CC1(Br)CCC([C@](C)(Br)C(Br)Br)CC1Br. The van der Waals surface area contributed by atoms with Crippen molar-refractivity contribution in [2.75, 3.05) is 0 Å². The molecular formula is C10H15Br5. The Bertz CT molecular complexity index is 224. The highest BCUT2D eigenvalue weighted by atomic mass is 79.9. The van der Waals surface area contributed by atoms with Crippen LogP contribution in [0.3, 0.4) is 0 Å². The summed E-state index contributed by atoms with van der Waals surface area (Å²) in [5.74, 6) is 0.677. The average molecular weight is 535 g/mol. The molecular weight excluding hydrogens is 520 g/mol. The Morgan fingerprint density at radius 3 is 2.33 bits per heavy atom. The average Bonchev–Trinajstić information content (AvgIpc) is 2.09. The fourth-order valence-electron chi connectivity index (χ4n) is 1.92. The van der Waals surface area contributed by atoms with E-state index in [0.29, 0.717) is 14.5 Å². The summed E-state index contributed by atoms with van der Waals surface area (Å²) in [5.41, 5.74) is 0. The molecule has 0 aromatic carbocycles. The predicted molar refractivity (Wildman–Crippen MR) is 86.4 cm³/mol. The molecule has 1 rings (SSSR count). The monoisotopic (exact) mass is 530 g/mol. The zero-order valence-corrected chi connectivity index (χ0v) is 16.7. The first-order valence-electron chi connectivity index (χ1n) is 4.98. The van der Waals surface area contributed by atoms with Crippen LogP contribution >= 0.6 is 79.6 Å². The molecule has 0 N–H and O–H groups in total. The van der Waals surface area contributed by atoms with E-state index < -0.39 is 0 Å². The molecule has 0 nitrogen and oxygen atoms in total. The third kappa shape index (κ3) is 3.68. The van der Waals surface area contributed by atoms with Gasteiger partial charge in [-0.05, 0) is 39.0 Å². The lowest BCUT2D eigenvalue weighted by molar-refractivity contribution is 0.289. The highest BCUT2D eigenvalue weighted by Crippen LogP contribution is 2.50. The van der Waals surface area contributed by atoms with E-state index in [1.165, 1.54) is 19.3 Å². The summed E-state index contributed by atoms with van der Waals surface area (Å²) in [6.45, 7) is 4.52. The predicted octanol–water partition coefficient (Wildman–Crippen LogP) is 5.97. The van der Waals surface area contributed by atoms with E-state index in [9.17, 15) is 0 Å². The summed E-state index contributed by atoms with van der Waals surface area (Å²) in [7, 11) is 0. The summed E-state index contributed by atoms with van der Waals surface area (Å²) in [4.78, 5) is 0.541. The summed E-state index contributed by atoms with van der Waals surface area (Å²) < 4.78 is 0.672. The quantitative estimate of drug-likeness (QED) is 0.383. The van der Waals surface area contributed by atoms with Crippen LogP contribution in [0.5, 0.6) is 0 Å². The second-order valence-electron chi connectivity index (χ2n) is 4.67. The van der Waals surface area contributed by atoms with E-state index in [4.69, 9.17) is 0 Å². The van der Waals surface area contributed by atoms with Gasteiger partial charge in [0.15, 0.2) is 0 Å². The number of alkyl halides is 5. The van der Waals surface area contributed by atoms with E-state index in [-0.39, 0.29) is 8.65 Å². The Kier molecular flexibility index (Phi) is 5.75. The van der Waals surface area contributed by atoms with Gasteiger partial charge in [0.2, 0.25) is 0 Å². The van der Waals surface area contributed by atoms with E-state index in [0.717, 1.165) is 0 Å². The Labute approximate surface area is 134 Å². The van der Waals surface area contributed by atoms with Gasteiger partial charge in [-0.25, -0.2) is 0 Å². The molecule has 4 atom stereocenters.